The van der Waals surface area contributed by atoms with Gasteiger partial charge in [-0.05, 0) is 6.07 Å². The summed E-state index contributed by atoms with van der Waals surface area (Å²) in [5, 5.41) is 16.5. The molecule has 15 heavy (non-hydrogen) atoms. The highest BCUT2D eigenvalue weighted by molar-refractivity contribution is 6.40. The lowest BCUT2D eigenvalue weighted by molar-refractivity contribution is 0.0700. The number of aromatic carboxylic acids is 1. The van der Waals surface area contributed by atoms with E-state index in [2.05, 4.69) is 10.2 Å². The highest BCUT2D eigenvalue weighted by Crippen LogP contribution is 2.29. The second kappa shape index (κ2) is 3.17. The molecule has 4 N–H and O–H groups in total. The number of carboxylic acids is 1. The number of hydrogen-bond donors (Lipinski definition) is 3. The molecule has 0 fully saturated rings. The number of anilines is 1. The van der Waals surface area contributed by atoms with Gasteiger partial charge in [0.25, 0.3) is 0 Å². The summed E-state index contributed by atoms with van der Waals surface area (Å²) in [5.74, 6) is -1.12. The number of carbonyl (C=O) groups is 1. The number of aromatic amines is 1. The fourth-order valence-corrected chi connectivity index (χ4v) is 1.69. The van der Waals surface area contributed by atoms with E-state index < -0.39 is 5.97 Å². The minimum absolute atomic E-state index is 0.0295. The minimum Gasteiger partial charge on any atom is -0.478 e. The number of nitrogen functional groups attached to an aromatic ring is 1. The molecule has 0 amide bonds. The van der Waals surface area contributed by atoms with Gasteiger partial charge in [-0.2, -0.15) is 5.10 Å². The van der Waals surface area contributed by atoms with Gasteiger partial charge in [-0.15, -0.1) is 0 Å². The van der Waals surface area contributed by atoms with Crippen LogP contribution in [0.15, 0.2) is 6.07 Å². The van der Waals surface area contributed by atoms with Gasteiger partial charge < -0.3 is 10.8 Å². The van der Waals surface area contributed by atoms with Crippen molar-refractivity contribution in [2.45, 2.75) is 0 Å². The molecule has 1 heterocycles. The monoisotopic (exact) mass is 223 g/mol. The fraction of sp³-hybridized carbons (Fsp3) is 0. The van der Waals surface area contributed by atoms with E-state index in [1.807, 2.05) is 0 Å². The summed E-state index contributed by atoms with van der Waals surface area (Å²) < 4.78 is 0. The number of H-pyrrole nitrogens is 1. The van der Waals surface area contributed by atoms with Crippen molar-refractivity contribution < 1.29 is 9.90 Å². The van der Waals surface area contributed by atoms with Crippen LogP contribution in [-0.2, 0) is 0 Å². The van der Waals surface area contributed by atoms with Gasteiger partial charge in [0, 0.05) is 11.0 Å². The maximum absolute atomic E-state index is 11.0. The third-order valence-corrected chi connectivity index (χ3v) is 2.57. The number of carboxylic acid groups (broad SMARTS) is 1. The van der Waals surface area contributed by atoms with Gasteiger partial charge in [-0.1, -0.05) is 11.6 Å². The molecule has 0 saturated heterocycles. The van der Waals surface area contributed by atoms with Crippen molar-refractivity contribution in [1.29, 1.82) is 0 Å². The minimum atomic E-state index is -1.12. The number of halogens is 1. The third kappa shape index (κ3) is 1.34. The first-order valence-electron chi connectivity index (χ1n) is 4.18. The Morgan fingerprint density at radius 2 is 2.33 bits per heavy atom. The van der Waals surface area contributed by atoms with Gasteiger partial charge >= 0.3 is 5.97 Å². The normalized spacial score (nSPS) is 10.7. The molecule has 2 rings (SSSR count). The highest BCUT2D eigenvalue weighted by atomic mass is 35.5. The number of nitrogens with two attached hydrogens (primary N) is 1. The van der Waals surface area contributed by atoms with Crippen LogP contribution in [0.4, 0.5) is 5.69 Å². The second-order valence-electron chi connectivity index (χ2n) is 3.18. The van der Waals surface area contributed by atoms with Crippen molar-refractivity contribution >= 4 is 47.6 Å². The first-order valence-corrected chi connectivity index (χ1v) is 4.56. The van der Waals surface area contributed by atoms with Gasteiger partial charge in [-0.3, -0.25) is 5.10 Å². The van der Waals surface area contributed by atoms with Gasteiger partial charge in [0.15, 0.2) is 7.85 Å². The van der Waals surface area contributed by atoms with Crippen LogP contribution >= 0.6 is 11.6 Å². The molecule has 0 aliphatic heterocycles. The van der Waals surface area contributed by atoms with Gasteiger partial charge in [0.1, 0.15) is 5.56 Å². The second-order valence-corrected chi connectivity index (χ2v) is 3.59. The van der Waals surface area contributed by atoms with Gasteiger partial charge in [0.05, 0.1) is 16.2 Å². The van der Waals surface area contributed by atoms with Crippen LogP contribution in [0.2, 0.25) is 5.02 Å². The molecule has 0 radical (unpaired) electrons. The molecular weight excluding hydrogens is 216 g/mol. The number of rotatable bonds is 1. The molecule has 0 unspecified atom stereocenters. The number of nitrogens with zero attached hydrogens (tertiary/aromatic N) is 1. The van der Waals surface area contributed by atoms with E-state index in [0.717, 1.165) is 0 Å². The summed E-state index contributed by atoms with van der Waals surface area (Å²) in [6.45, 7) is 0. The first-order chi connectivity index (χ1) is 7.02. The van der Waals surface area contributed by atoms with Crippen molar-refractivity contribution in [2.24, 2.45) is 0 Å². The topological polar surface area (TPSA) is 92.0 Å². The van der Waals surface area contributed by atoms with Crippen LogP contribution in [0.25, 0.3) is 10.9 Å². The van der Waals surface area contributed by atoms with Crippen LogP contribution in [-0.4, -0.2) is 29.1 Å². The van der Waals surface area contributed by atoms with Crippen LogP contribution < -0.4 is 11.3 Å². The summed E-state index contributed by atoms with van der Waals surface area (Å²) in [5.41, 5.74) is 6.72. The third-order valence-electron chi connectivity index (χ3n) is 2.26. The molecule has 5 nitrogen and oxygen atoms in total. The van der Waals surface area contributed by atoms with Crippen LogP contribution in [0, 0.1) is 0 Å². The Hall–Kier alpha value is -1.69. The van der Waals surface area contributed by atoms with E-state index in [0.29, 0.717) is 16.5 Å². The number of aromatic nitrogens is 2. The molecule has 0 aliphatic rings. The predicted molar refractivity (Wildman–Crippen MR) is 60.7 cm³/mol. The van der Waals surface area contributed by atoms with E-state index in [1.54, 1.807) is 13.9 Å². The molecule has 1 aromatic carbocycles. The highest BCUT2D eigenvalue weighted by Gasteiger charge is 2.18. The Labute approximate surface area is 90.6 Å². The van der Waals surface area contributed by atoms with E-state index in [4.69, 9.17) is 22.4 Å². The quantitative estimate of drug-likeness (QED) is 0.459. The maximum Gasteiger partial charge on any atom is 0.340 e. The van der Waals surface area contributed by atoms with Crippen molar-refractivity contribution in [3.63, 3.8) is 0 Å². The van der Waals surface area contributed by atoms with Crippen LogP contribution in [0.3, 0.4) is 0 Å². The average molecular weight is 223 g/mol. The molecule has 0 spiro atoms. The molecule has 76 valence electrons. The summed E-state index contributed by atoms with van der Waals surface area (Å²) in [6, 6.07) is 1.61. The Morgan fingerprint density at radius 1 is 1.67 bits per heavy atom. The molecule has 2 aromatic rings. The van der Waals surface area contributed by atoms with Crippen LogP contribution in [0.1, 0.15) is 10.4 Å². The van der Waals surface area contributed by atoms with E-state index >= 15 is 0 Å². The van der Waals surface area contributed by atoms with Crippen molar-refractivity contribution in [3.05, 3.63) is 16.7 Å². The molecular formula is C8H7BClN3O2. The Bertz CT molecular complexity index is 567. The van der Waals surface area contributed by atoms with E-state index in [9.17, 15) is 4.79 Å². The number of nitrogens with one attached hydrogen (secondary N) is 1. The fourth-order valence-electron chi connectivity index (χ4n) is 1.49. The lowest BCUT2D eigenvalue weighted by Crippen LogP contribution is -2.06. The van der Waals surface area contributed by atoms with Gasteiger partial charge in [0.2, 0.25) is 0 Å². The standard InChI is InChI=1S/C8H7BClN3O2/c9-7-2-1-3(10)5(11)4(8(14)15)6(2)12-13-7/h1H,9,11H2,(H,12,13)(H,14,15). The molecule has 1 aromatic heterocycles. The zero-order chi connectivity index (χ0) is 11.2. The molecule has 0 saturated carbocycles. The van der Waals surface area contributed by atoms with E-state index in [-0.39, 0.29) is 16.3 Å². The molecule has 0 bridgehead atoms. The number of fused-ring (bicyclic) bond motifs is 1. The molecule has 0 atom stereocenters. The summed E-state index contributed by atoms with van der Waals surface area (Å²) in [7, 11) is 1.76. The lowest BCUT2D eigenvalue weighted by Gasteiger charge is -2.04. The smallest absolute Gasteiger partial charge is 0.340 e. The van der Waals surface area contributed by atoms with Gasteiger partial charge in [-0.25, -0.2) is 4.79 Å². The Kier molecular flexibility index (Phi) is 2.08. The van der Waals surface area contributed by atoms with Crippen molar-refractivity contribution in [1.82, 2.24) is 10.2 Å². The number of benzene rings is 1. The lowest BCUT2D eigenvalue weighted by atomic mass is 9.98. The summed E-state index contributed by atoms with van der Waals surface area (Å²) in [4.78, 5) is 11.0. The zero-order valence-electron chi connectivity index (χ0n) is 7.84. The van der Waals surface area contributed by atoms with Crippen molar-refractivity contribution in [2.75, 3.05) is 5.73 Å². The molecule has 7 heteroatoms. The Balaban J connectivity index is 2.97. The Morgan fingerprint density at radius 3 is 2.93 bits per heavy atom. The maximum atomic E-state index is 11.0. The summed E-state index contributed by atoms with van der Waals surface area (Å²) >= 11 is 5.84. The average Bonchev–Trinajstić information content (AvgIpc) is 2.49. The summed E-state index contributed by atoms with van der Waals surface area (Å²) in [6.07, 6.45) is 0. The van der Waals surface area contributed by atoms with Crippen LogP contribution in [0.5, 0.6) is 0 Å². The SMILES string of the molecule is Bc1n[nH]c2c(C(=O)O)c(N)c(Cl)cc12. The van der Waals surface area contributed by atoms with Crippen molar-refractivity contribution in [3.8, 4) is 0 Å². The number of hydrogen-bond acceptors (Lipinski definition) is 3. The van der Waals surface area contributed by atoms with E-state index in [1.165, 1.54) is 0 Å². The first kappa shape index (κ1) is 9.85. The predicted octanol–water partition coefficient (Wildman–Crippen LogP) is -0.245. The zero-order valence-corrected chi connectivity index (χ0v) is 8.59. The molecule has 0 aliphatic carbocycles. The largest absolute Gasteiger partial charge is 0.478 e.